The summed E-state index contributed by atoms with van der Waals surface area (Å²) in [5, 5.41) is 31.7. The third kappa shape index (κ3) is 3.85. The van der Waals surface area contributed by atoms with Crippen LogP contribution in [0.25, 0.3) is 0 Å². The molecular weight excluding hydrogens is 306 g/mol. The van der Waals surface area contributed by atoms with E-state index in [1.807, 2.05) is 0 Å². The standard InChI is InChI=1S/C15H19NO7/c1-8(19)16-12-14(21)13(20)11(7-18)23-15(12)22-10-5-3-2-4-9(10)6-17/h2-6,11-15,18,20-21H,7H2,1H3,(H,16,19)/t11-,12+,13+,14+,15+/m1/s1. The smallest absolute Gasteiger partial charge is 0.223 e. The number of carbonyl (C=O) groups excluding carboxylic acids is 2. The molecule has 8 heteroatoms. The summed E-state index contributed by atoms with van der Waals surface area (Å²) in [7, 11) is 0. The molecule has 2 rings (SSSR count). The molecule has 1 aromatic rings. The highest BCUT2D eigenvalue weighted by Crippen LogP contribution is 2.26. The molecule has 0 unspecified atom stereocenters. The lowest BCUT2D eigenvalue weighted by Gasteiger charge is -2.42. The number of aliphatic hydroxyl groups is 3. The van der Waals surface area contributed by atoms with Crippen molar-refractivity contribution in [2.45, 2.75) is 37.6 Å². The predicted molar refractivity (Wildman–Crippen MR) is 77.8 cm³/mol. The van der Waals surface area contributed by atoms with Crippen LogP contribution in [0.4, 0.5) is 0 Å². The molecule has 8 nitrogen and oxygen atoms in total. The van der Waals surface area contributed by atoms with Gasteiger partial charge in [-0.25, -0.2) is 0 Å². The maximum absolute atomic E-state index is 11.3. The van der Waals surface area contributed by atoms with Crippen LogP contribution in [0.15, 0.2) is 24.3 Å². The minimum Gasteiger partial charge on any atom is -0.462 e. The van der Waals surface area contributed by atoms with E-state index in [0.717, 1.165) is 0 Å². The van der Waals surface area contributed by atoms with Gasteiger partial charge in [0.1, 0.15) is 30.1 Å². The Hall–Kier alpha value is -2.00. The number of hydrogen-bond acceptors (Lipinski definition) is 7. The van der Waals surface area contributed by atoms with Gasteiger partial charge in [-0.3, -0.25) is 9.59 Å². The van der Waals surface area contributed by atoms with Gasteiger partial charge in [0.2, 0.25) is 12.2 Å². The summed E-state index contributed by atoms with van der Waals surface area (Å²) in [6.07, 6.45) is -4.46. The Labute approximate surface area is 132 Å². The molecule has 0 saturated carbocycles. The quantitative estimate of drug-likeness (QED) is 0.502. The van der Waals surface area contributed by atoms with Crippen molar-refractivity contribution in [2.24, 2.45) is 0 Å². The molecule has 1 heterocycles. The summed E-state index contributed by atoms with van der Waals surface area (Å²) in [4.78, 5) is 22.4. The molecule has 1 amide bonds. The van der Waals surface area contributed by atoms with Crippen LogP contribution in [0.5, 0.6) is 5.75 Å². The Balaban J connectivity index is 2.27. The lowest BCUT2D eigenvalue weighted by molar-refractivity contribution is -0.244. The van der Waals surface area contributed by atoms with Gasteiger partial charge in [0.25, 0.3) is 0 Å². The molecule has 1 aromatic carbocycles. The first-order chi connectivity index (χ1) is 11.0. The second-order valence-corrected chi connectivity index (χ2v) is 5.21. The Morgan fingerprint density at radius 1 is 1.35 bits per heavy atom. The zero-order valence-corrected chi connectivity index (χ0v) is 12.5. The maximum Gasteiger partial charge on any atom is 0.223 e. The van der Waals surface area contributed by atoms with Gasteiger partial charge < -0.3 is 30.1 Å². The summed E-state index contributed by atoms with van der Waals surface area (Å²) >= 11 is 0. The molecule has 0 aliphatic carbocycles. The average molecular weight is 325 g/mol. The topological polar surface area (TPSA) is 125 Å². The fraction of sp³-hybridized carbons (Fsp3) is 0.467. The largest absolute Gasteiger partial charge is 0.462 e. The summed E-state index contributed by atoms with van der Waals surface area (Å²) < 4.78 is 11.0. The number of aliphatic hydroxyl groups excluding tert-OH is 3. The normalized spacial score (nSPS) is 30.5. The van der Waals surface area contributed by atoms with Gasteiger partial charge >= 0.3 is 0 Å². The molecule has 1 aliphatic rings. The van der Waals surface area contributed by atoms with E-state index >= 15 is 0 Å². The van der Waals surface area contributed by atoms with Crippen LogP contribution in [0.2, 0.25) is 0 Å². The predicted octanol–water partition coefficient (Wildman–Crippen LogP) is -1.18. The third-order valence-corrected chi connectivity index (χ3v) is 3.54. The van der Waals surface area contributed by atoms with Crippen LogP contribution in [0.3, 0.4) is 0 Å². The van der Waals surface area contributed by atoms with Crippen molar-refractivity contribution in [3.05, 3.63) is 29.8 Å². The van der Waals surface area contributed by atoms with Crippen molar-refractivity contribution in [3.8, 4) is 5.75 Å². The van der Waals surface area contributed by atoms with Gasteiger partial charge in [0.15, 0.2) is 6.29 Å². The monoisotopic (exact) mass is 325 g/mol. The summed E-state index contributed by atoms with van der Waals surface area (Å²) in [5.74, 6) is -0.257. The Bertz CT molecular complexity index is 565. The number of benzene rings is 1. The van der Waals surface area contributed by atoms with Crippen molar-refractivity contribution in [1.82, 2.24) is 5.32 Å². The van der Waals surface area contributed by atoms with Crippen molar-refractivity contribution in [2.75, 3.05) is 6.61 Å². The maximum atomic E-state index is 11.3. The van der Waals surface area contributed by atoms with Crippen LogP contribution >= 0.6 is 0 Å². The van der Waals surface area contributed by atoms with Crippen LogP contribution < -0.4 is 10.1 Å². The molecular formula is C15H19NO7. The van der Waals surface area contributed by atoms with Gasteiger partial charge in [-0.1, -0.05) is 12.1 Å². The van der Waals surface area contributed by atoms with Gasteiger partial charge in [0, 0.05) is 6.92 Å². The van der Waals surface area contributed by atoms with Gasteiger partial charge in [0.05, 0.1) is 12.2 Å². The van der Waals surface area contributed by atoms with Crippen molar-refractivity contribution in [1.29, 1.82) is 0 Å². The summed E-state index contributed by atoms with van der Waals surface area (Å²) in [6, 6.07) is 5.30. The first-order valence-electron chi connectivity index (χ1n) is 7.08. The lowest BCUT2D eigenvalue weighted by Crippen LogP contribution is -2.65. The molecule has 0 radical (unpaired) electrons. The van der Waals surface area contributed by atoms with Crippen LogP contribution in [-0.4, -0.2) is 64.8 Å². The Morgan fingerprint density at radius 3 is 2.65 bits per heavy atom. The molecule has 0 spiro atoms. The zero-order valence-electron chi connectivity index (χ0n) is 12.5. The zero-order chi connectivity index (χ0) is 17.0. The SMILES string of the molecule is CC(=O)N[C@@H]1[C@@H](Oc2ccccc2C=O)O[C@H](CO)[C@H](O)[C@H]1O. The van der Waals surface area contributed by atoms with Gasteiger partial charge in [-0.2, -0.15) is 0 Å². The van der Waals surface area contributed by atoms with Crippen molar-refractivity contribution < 1.29 is 34.4 Å². The van der Waals surface area contributed by atoms with Crippen LogP contribution in [0.1, 0.15) is 17.3 Å². The lowest BCUT2D eigenvalue weighted by atomic mass is 9.97. The number of aldehydes is 1. The number of amides is 1. The van der Waals surface area contributed by atoms with Crippen LogP contribution in [-0.2, 0) is 9.53 Å². The fourth-order valence-corrected chi connectivity index (χ4v) is 2.38. The number of hydrogen-bond donors (Lipinski definition) is 4. The molecule has 1 aliphatic heterocycles. The van der Waals surface area contributed by atoms with Crippen molar-refractivity contribution in [3.63, 3.8) is 0 Å². The van der Waals surface area contributed by atoms with E-state index in [0.29, 0.717) is 6.29 Å². The number of carbonyl (C=O) groups is 2. The Morgan fingerprint density at radius 2 is 2.04 bits per heavy atom. The fourth-order valence-electron chi connectivity index (χ4n) is 2.38. The van der Waals surface area contributed by atoms with E-state index in [1.165, 1.54) is 19.1 Å². The van der Waals surface area contributed by atoms with E-state index in [9.17, 15) is 24.9 Å². The first kappa shape index (κ1) is 17.4. The van der Waals surface area contributed by atoms with Gasteiger partial charge in [-0.15, -0.1) is 0 Å². The van der Waals surface area contributed by atoms with Crippen LogP contribution in [0, 0.1) is 0 Å². The molecule has 23 heavy (non-hydrogen) atoms. The number of para-hydroxylation sites is 1. The molecule has 4 N–H and O–H groups in total. The van der Waals surface area contributed by atoms with E-state index in [-0.39, 0.29) is 11.3 Å². The second-order valence-electron chi connectivity index (χ2n) is 5.21. The minimum absolute atomic E-state index is 0.197. The van der Waals surface area contributed by atoms with E-state index < -0.39 is 43.2 Å². The average Bonchev–Trinajstić information content (AvgIpc) is 2.54. The second kappa shape index (κ2) is 7.51. The highest BCUT2D eigenvalue weighted by molar-refractivity contribution is 5.79. The highest BCUT2D eigenvalue weighted by Gasteiger charge is 2.46. The minimum atomic E-state index is -1.40. The Kier molecular flexibility index (Phi) is 5.67. The number of rotatable bonds is 5. The molecule has 1 fully saturated rings. The number of nitrogens with one attached hydrogen (secondary N) is 1. The molecule has 0 bridgehead atoms. The summed E-state index contributed by atoms with van der Waals surface area (Å²) in [6.45, 7) is 0.702. The molecule has 126 valence electrons. The summed E-state index contributed by atoms with van der Waals surface area (Å²) in [5.41, 5.74) is 0.263. The van der Waals surface area contributed by atoms with Crippen molar-refractivity contribution >= 4 is 12.2 Å². The molecule has 0 aromatic heterocycles. The van der Waals surface area contributed by atoms with E-state index in [4.69, 9.17) is 9.47 Å². The van der Waals surface area contributed by atoms with E-state index in [1.54, 1.807) is 12.1 Å². The van der Waals surface area contributed by atoms with Gasteiger partial charge in [-0.05, 0) is 12.1 Å². The highest BCUT2D eigenvalue weighted by atomic mass is 16.7. The number of ether oxygens (including phenoxy) is 2. The third-order valence-electron chi connectivity index (χ3n) is 3.54. The first-order valence-corrected chi connectivity index (χ1v) is 7.08. The molecule has 5 atom stereocenters. The molecule has 1 saturated heterocycles. The van der Waals surface area contributed by atoms with E-state index in [2.05, 4.69) is 5.32 Å².